The van der Waals surface area contributed by atoms with Crippen molar-refractivity contribution in [3.05, 3.63) is 52.2 Å². The molecule has 10 heteroatoms. The van der Waals surface area contributed by atoms with Gasteiger partial charge in [0.25, 0.3) is 0 Å². The van der Waals surface area contributed by atoms with E-state index in [-0.39, 0.29) is 11.0 Å². The number of aliphatic carboxylic acids is 1. The quantitative estimate of drug-likeness (QED) is 0.319. The Morgan fingerprint density at radius 2 is 2.23 bits per heavy atom. The average Bonchev–Trinajstić information content (AvgIpc) is 3.27. The molecule has 0 spiro atoms. The van der Waals surface area contributed by atoms with Crippen molar-refractivity contribution in [2.45, 2.75) is 29.6 Å². The van der Waals surface area contributed by atoms with Crippen LogP contribution in [0.2, 0.25) is 5.02 Å². The summed E-state index contributed by atoms with van der Waals surface area (Å²) >= 11 is 9.14. The Morgan fingerprint density at radius 1 is 1.40 bits per heavy atom. The largest absolute Gasteiger partial charge is 0.497 e. The van der Waals surface area contributed by atoms with Gasteiger partial charge in [-0.25, -0.2) is 0 Å². The van der Waals surface area contributed by atoms with Crippen molar-refractivity contribution in [2.75, 3.05) is 32.5 Å². The van der Waals surface area contributed by atoms with Crippen molar-refractivity contribution in [3.63, 3.8) is 0 Å². The van der Waals surface area contributed by atoms with Gasteiger partial charge in [0.2, 0.25) is 0 Å². The van der Waals surface area contributed by atoms with E-state index >= 15 is 0 Å². The number of rotatable bonds is 10. The molecular weight excluding hydrogens is 511 g/mol. The monoisotopic (exact) mass is 538 g/mol. The summed E-state index contributed by atoms with van der Waals surface area (Å²) in [5, 5.41) is 21.9. The number of nitrogens with zero attached hydrogens (tertiary/aromatic N) is 2. The molecule has 35 heavy (non-hydrogen) atoms. The molecule has 6 nitrogen and oxygen atoms in total. The average molecular weight is 539 g/mol. The van der Waals surface area contributed by atoms with Crippen LogP contribution in [0, 0.1) is 17.0 Å². The van der Waals surface area contributed by atoms with Gasteiger partial charge in [-0.15, -0.1) is 11.8 Å². The summed E-state index contributed by atoms with van der Waals surface area (Å²) in [6.45, 7) is 2.04. The zero-order chi connectivity index (χ0) is 24.9. The summed E-state index contributed by atoms with van der Waals surface area (Å²) in [4.78, 5) is 18.5. The Morgan fingerprint density at radius 3 is 2.94 bits per heavy atom. The standard InChI is InChI=1S/C25H28ClFN2O4S2/c1-33-16-3-4-20-17(12-16)24(19(26)13-28-20)21(30)5-2-15-8-9-29(14-18(15)25(31)32)10-11-34-23-7-6-22(27)35-23/h3-4,6-7,12-13,15,18,21,30H,2,5,8-11,14H2,1H3,(H,31,32)/t15-,18+,21-/m0/s1. The molecule has 0 unspecified atom stereocenters. The lowest BCUT2D eigenvalue weighted by Gasteiger charge is -2.37. The number of methoxy groups -OCH3 is 1. The summed E-state index contributed by atoms with van der Waals surface area (Å²) in [7, 11) is 1.58. The van der Waals surface area contributed by atoms with Crippen molar-refractivity contribution in [1.82, 2.24) is 9.88 Å². The fraction of sp³-hybridized carbons (Fsp3) is 0.440. The van der Waals surface area contributed by atoms with Crippen molar-refractivity contribution >= 4 is 51.6 Å². The Bertz CT molecular complexity index is 1180. The zero-order valence-electron chi connectivity index (χ0n) is 19.3. The third kappa shape index (κ3) is 6.46. The summed E-state index contributed by atoms with van der Waals surface area (Å²) in [5.74, 6) is 0.103. The number of pyridine rings is 1. The number of thioether (sulfide) groups is 1. The highest BCUT2D eigenvalue weighted by molar-refractivity contribution is 8.01. The van der Waals surface area contributed by atoms with E-state index in [1.165, 1.54) is 12.3 Å². The minimum Gasteiger partial charge on any atom is -0.497 e. The van der Waals surface area contributed by atoms with Crippen LogP contribution < -0.4 is 4.74 Å². The van der Waals surface area contributed by atoms with Gasteiger partial charge >= 0.3 is 5.97 Å². The lowest BCUT2D eigenvalue weighted by atomic mass is 9.81. The molecule has 1 fully saturated rings. The molecule has 1 saturated heterocycles. The number of thiophene rings is 1. The number of carboxylic acids is 1. The lowest BCUT2D eigenvalue weighted by molar-refractivity contribution is -0.146. The van der Waals surface area contributed by atoms with Crippen molar-refractivity contribution < 1.29 is 24.1 Å². The molecule has 0 amide bonds. The lowest BCUT2D eigenvalue weighted by Crippen LogP contribution is -2.44. The summed E-state index contributed by atoms with van der Waals surface area (Å²) in [6.07, 6.45) is 2.44. The fourth-order valence-corrected chi connectivity index (χ4v) is 6.88. The summed E-state index contributed by atoms with van der Waals surface area (Å²) < 4.78 is 19.4. The SMILES string of the molecule is COc1ccc2ncc(Cl)c([C@@H](O)CC[C@H]3CCN(CCSc4ccc(F)s4)C[C@H]3C(=O)O)c2c1. The number of hydrogen-bond donors (Lipinski definition) is 2. The van der Waals surface area contributed by atoms with E-state index in [1.54, 1.807) is 24.9 Å². The number of ether oxygens (including phenoxy) is 1. The fourth-order valence-electron chi connectivity index (χ4n) is 4.70. The van der Waals surface area contributed by atoms with Crippen LogP contribution in [0.5, 0.6) is 5.75 Å². The van der Waals surface area contributed by atoms with Crippen molar-refractivity contribution in [2.24, 2.45) is 11.8 Å². The predicted molar refractivity (Wildman–Crippen MR) is 138 cm³/mol. The van der Waals surface area contributed by atoms with Crippen LogP contribution in [0.3, 0.4) is 0 Å². The molecule has 2 N–H and O–H groups in total. The smallest absolute Gasteiger partial charge is 0.308 e. The van der Waals surface area contributed by atoms with E-state index in [0.29, 0.717) is 41.2 Å². The van der Waals surface area contributed by atoms with Gasteiger partial charge in [-0.2, -0.15) is 4.39 Å². The zero-order valence-corrected chi connectivity index (χ0v) is 21.7. The van der Waals surface area contributed by atoms with Crippen molar-refractivity contribution in [1.29, 1.82) is 0 Å². The highest BCUT2D eigenvalue weighted by Gasteiger charge is 2.34. The van der Waals surface area contributed by atoms with Gasteiger partial charge in [-0.1, -0.05) is 22.9 Å². The van der Waals surface area contributed by atoms with Gasteiger partial charge in [0.05, 0.1) is 33.9 Å². The maximum absolute atomic E-state index is 13.2. The molecule has 1 aliphatic rings. The van der Waals surface area contributed by atoms with Gasteiger partial charge in [0.15, 0.2) is 5.13 Å². The highest BCUT2D eigenvalue weighted by atomic mass is 35.5. The predicted octanol–water partition coefficient (Wildman–Crippen LogP) is 5.73. The van der Waals surface area contributed by atoms with Crippen LogP contribution in [0.1, 0.15) is 30.9 Å². The van der Waals surface area contributed by atoms with E-state index in [0.717, 1.165) is 46.2 Å². The number of carbonyl (C=O) groups is 1. The van der Waals surface area contributed by atoms with Crippen LogP contribution >= 0.6 is 34.7 Å². The molecule has 0 radical (unpaired) electrons. The molecule has 3 atom stereocenters. The molecular formula is C25H28ClFN2O4S2. The third-order valence-corrected chi connectivity index (χ3v) is 8.95. The van der Waals surface area contributed by atoms with Crippen LogP contribution in [-0.4, -0.2) is 58.6 Å². The number of aliphatic hydroxyl groups is 1. The normalized spacial score (nSPS) is 19.7. The third-order valence-electron chi connectivity index (χ3n) is 6.57. The first kappa shape index (κ1) is 26.2. The van der Waals surface area contributed by atoms with Crippen LogP contribution in [0.15, 0.2) is 40.7 Å². The van der Waals surface area contributed by atoms with Gasteiger partial charge < -0.3 is 19.8 Å². The van der Waals surface area contributed by atoms with Crippen LogP contribution in [-0.2, 0) is 4.79 Å². The van der Waals surface area contributed by atoms with E-state index in [4.69, 9.17) is 16.3 Å². The molecule has 1 aliphatic heterocycles. The minimum absolute atomic E-state index is 0.0288. The molecule has 2 aromatic heterocycles. The first-order valence-electron chi connectivity index (χ1n) is 11.5. The van der Waals surface area contributed by atoms with E-state index in [9.17, 15) is 19.4 Å². The number of fused-ring (bicyclic) bond motifs is 1. The molecule has 4 rings (SSSR count). The second kappa shape index (κ2) is 11.9. The second-order valence-corrected chi connectivity index (χ2v) is 11.5. The number of halogens is 2. The van der Waals surface area contributed by atoms with Gasteiger partial charge in [-0.3, -0.25) is 9.78 Å². The molecule has 0 saturated carbocycles. The highest BCUT2D eigenvalue weighted by Crippen LogP contribution is 2.37. The summed E-state index contributed by atoms with van der Waals surface area (Å²) in [5.41, 5.74) is 1.31. The summed E-state index contributed by atoms with van der Waals surface area (Å²) in [6, 6.07) is 8.68. The van der Waals surface area contributed by atoms with E-state index in [2.05, 4.69) is 9.88 Å². The minimum atomic E-state index is -0.838. The van der Waals surface area contributed by atoms with Crippen LogP contribution in [0.4, 0.5) is 4.39 Å². The Labute approximate surface area is 217 Å². The first-order chi connectivity index (χ1) is 16.9. The molecule has 3 aromatic rings. The van der Waals surface area contributed by atoms with Gasteiger partial charge in [-0.05, 0) is 62.1 Å². The Hall–Kier alpha value is -1.91. The number of likely N-dealkylation sites (tertiary alicyclic amines) is 1. The number of carboxylic acid groups (broad SMARTS) is 1. The molecule has 1 aromatic carbocycles. The van der Waals surface area contributed by atoms with Crippen molar-refractivity contribution in [3.8, 4) is 5.75 Å². The molecule has 3 heterocycles. The maximum Gasteiger partial charge on any atom is 0.308 e. The first-order valence-corrected chi connectivity index (χ1v) is 13.7. The second-order valence-electron chi connectivity index (χ2n) is 8.70. The van der Waals surface area contributed by atoms with E-state index in [1.807, 2.05) is 18.2 Å². The Kier molecular flexibility index (Phi) is 8.88. The molecule has 0 aliphatic carbocycles. The number of benzene rings is 1. The molecule has 0 bridgehead atoms. The van der Waals surface area contributed by atoms with Gasteiger partial charge in [0.1, 0.15) is 5.75 Å². The number of piperidine rings is 1. The Balaban J connectivity index is 1.37. The van der Waals surface area contributed by atoms with E-state index < -0.39 is 18.0 Å². The molecule has 188 valence electrons. The number of aliphatic hydroxyl groups excluding tert-OH is 1. The number of hydrogen-bond acceptors (Lipinski definition) is 7. The van der Waals surface area contributed by atoms with Gasteiger partial charge in [0, 0.05) is 36.0 Å². The topological polar surface area (TPSA) is 82.9 Å². The maximum atomic E-state index is 13.2. The van der Waals surface area contributed by atoms with Crippen LogP contribution in [0.25, 0.3) is 10.9 Å². The number of aromatic nitrogens is 1.